The van der Waals surface area contributed by atoms with Gasteiger partial charge in [-0.1, -0.05) is 0 Å². The Kier molecular flexibility index (Phi) is 1.83. The highest BCUT2D eigenvalue weighted by molar-refractivity contribution is 5.66. The third kappa shape index (κ3) is 1.12. The molecule has 0 aromatic carbocycles. The average molecular weight is 170 g/mol. The summed E-state index contributed by atoms with van der Waals surface area (Å²) in [4.78, 5) is 10.7. The zero-order valence-corrected chi connectivity index (χ0v) is 7.19. The molecule has 3 heteroatoms. The molecule has 2 bridgehead atoms. The molecule has 0 amide bonds. The van der Waals surface area contributed by atoms with Crippen molar-refractivity contribution < 1.29 is 14.6 Å². The molecule has 68 valence electrons. The Labute approximate surface area is 71.7 Å². The van der Waals surface area contributed by atoms with Gasteiger partial charge in [0.2, 0.25) is 0 Å². The predicted octanol–water partition coefficient (Wildman–Crippen LogP) is 0.709. The van der Waals surface area contributed by atoms with E-state index in [2.05, 4.69) is 0 Å². The summed E-state index contributed by atoms with van der Waals surface area (Å²) in [7, 11) is 0. The fourth-order valence-electron chi connectivity index (χ4n) is 2.57. The van der Waals surface area contributed by atoms with Crippen LogP contribution in [0, 0.1) is 11.8 Å². The van der Waals surface area contributed by atoms with E-state index in [9.17, 15) is 9.90 Å². The highest BCUT2D eigenvalue weighted by Gasteiger charge is 2.48. The van der Waals surface area contributed by atoms with Crippen molar-refractivity contribution in [2.75, 3.05) is 0 Å². The van der Waals surface area contributed by atoms with E-state index in [1.807, 2.05) is 0 Å². The SMILES string of the molecule is CC(=O)O[C@H]1[C@@H]2CC[C@@H](C2)[C@@H]1O. The third-order valence-corrected chi connectivity index (χ3v) is 3.10. The van der Waals surface area contributed by atoms with Gasteiger partial charge >= 0.3 is 5.97 Å². The van der Waals surface area contributed by atoms with Crippen LogP contribution in [-0.2, 0) is 9.53 Å². The number of esters is 1. The molecule has 2 saturated carbocycles. The van der Waals surface area contributed by atoms with Crippen molar-refractivity contribution in [1.29, 1.82) is 0 Å². The Morgan fingerprint density at radius 1 is 1.42 bits per heavy atom. The van der Waals surface area contributed by atoms with Crippen LogP contribution in [0.15, 0.2) is 0 Å². The van der Waals surface area contributed by atoms with Crippen LogP contribution in [0.25, 0.3) is 0 Å². The lowest BCUT2D eigenvalue weighted by Crippen LogP contribution is -2.35. The number of aliphatic hydroxyl groups is 1. The molecule has 0 aromatic heterocycles. The van der Waals surface area contributed by atoms with Gasteiger partial charge in [-0.2, -0.15) is 0 Å². The Morgan fingerprint density at radius 2 is 2.08 bits per heavy atom. The van der Waals surface area contributed by atoms with Gasteiger partial charge in [-0.05, 0) is 31.1 Å². The van der Waals surface area contributed by atoms with Gasteiger partial charge in [0.1, 0.15) is 6.10 Å². The summed E-state index contributed by atoms with van der Waals surface area (Å²) >= 11 is 0. The van der Waals surface area contributed by atoms with Crippen LogP contribution in [0.2, 0.25) is 0 Å². The largest absolute Gasteiger partial charge is 0.459 e. The minimum atomic E-state index is -0.396. The molecule has 0 aliphatic heterocycles. The van der Waals surface area contributed by atoms with Crippen LogP contribution in [0.4, 0.5) is 0 Å². The van der Waals surface area contributed by atoms with Gasteiger partial charge in [-0.25, -0.2) is 0 Å². The number of hydrogen-bond donors (Lipinski definition) is 1. The smallest absolute Gasteiger partial charge is 0.303 e. The maximum absolute atomic E-state index is 10.7. The number of rotatable bonds is 1. The molecule has 3 nitrogen and oxygen atoms in total. The first-order chi connectivity index (χ1) is 5.68. The number of ether oxygens (including phenoxy) is 1. The second-order valence-corrected chi connectivity index (χ2v) is 3.90. The van der Waals surface area contributed by atoms with Crippen LogP contribution in [0.5, 0.6) is 0 Å². The molecule has 4 atom stereocenters. The minimum absolute atomic E-state index is 0.207. The Hall–Kier alpha value is -0.570. The molecule has 1 N–H and O–H groups in total. The number of fused-ring (bicyclic) bond motifs is 2. The normalized spacial score (nSPS) is 44.8. The maximum Gasteiger partial charge on any atom is 0.303 e. The van der Waals surface area contributed by atoms with Crippen LogP contribution in [0.3, 0.4) is 0 Å². The van der Waals surface area contributed by atoms with Crippen molar-refractivity contribution in [2.45, 2.75) is 38.4 Å². The van der Waals surface area contributed by atoms with E-state index in [0.29, 0.717) is 11.8 Å². The van der Waals surface area contributed by atoms with Gasteiger partial charge < -0.3 is 9.84 Å². The van der Waals surface area contributed by atoms with Crippen molar-refractivity contribution in [2.24, 2.45) is 11.8 Å². The number of carbonyl (C=O) groups is 1. The first kappa shape index (κ1) is 8.05. The average Bonchev–Trinajstić information content (AvgIpc) is 2.53. The number of aliphatic hydroxyl groups excluding tert-OH is 1. The predicted molar refractivity (Wildman–Crippen MR) is 42.4 cm³/mol. The summed E-state index contributed by atoms with van der Waals surface area (Å²) < 4.78 is 5.07. The number of hydrogen-bond acceptors (Lipinski definition) is 3. The van der Waals surface area contributed by atoms with E-state index >= 15 is 0 Å². The Balaban J connectivity index is 2.02. The van der Waals surface area contributed by atoms with Crippen molar-refractivity contribution >= 4 is 5.97 Å². The van der Waals surface area contributed by atoms with E-state index in [4.69, 9.17) is 4.74 Å². The lowest BCUT2D eigenvalue weighted by Gasteiger charge is -2.26. The maximum atomic E-state index is 10.7. The second kappa shape index (κ2) is 2.73. The van der Waals surface area contributed by atoms with Crippen LogP contribution >= 0.6 is 0 Å². The van der Waals surface area contributed by atoms with Gasteiger partial charge in [-0.3, -0.25) is 4.79 Å². The van der Waals surface area contributed by atoms with Crippen molar-refractivity contribution in [3.63, 3.8) is 0 Å². The fraction of sp³-hybridized carbons (Fsp3) is 0.889. The summed E-state index contributed by atoms with van der Waals surface area (Å²) in [6.07, 6.45) is 2.65. The molecule has 0 heterocycles. The molecule has 0 radical (unpaired) electrons. The Bertz CT molecular complexity index is 200. The zero-order valence-electron chi connectivity index (χ0n) is 7.19. The summed E-state index contributed by atoms with van der Waals surface area (Å²) in [5.41, 5.74) is 0. The fourth-order valence-corrected chi connectivity index (χ4v) is 2.57. The molecular formula is C9H14O3. The Morgan fingerprint density at radius 3 is 2.58 bits per heavy atom. The highest BCUT2D eigenvalue weighted by Crippen LogP contribution is 2.45. The summed E-state index contributed by atoms with van der Waals surface area (Å²) in [5, 5.41) is 9.65. The van der Waals surface area contributed by atoms with Crippen LogP contribution in [0.1, 0.15) is 26.2 Å². The van der Waals surface area contributed by atoms with E-state index in [0.717, 1.165) is 19.3 Å². The van der Waals surface area contributed by atoms with Crippen molar-refractivity contribution in [3.05, 3.63) is 0 Å². The lowest BCUT2D eigenvalue weighted by molar-refractivity contribution is -0.155. The van der Waals surface area contributed by atoms with Gasteiger partial charge in [0.15, 0.2) is 0 Å². The number of carbonyl (C=O) groups excluding carboxylic acids is 1. The van der Waals surface area contributed by atoms with Crippen molar-refractivity contribution in [1.82, 2.24) is 0 Å². The van der Waals surface area contributed by atoms with E-state index in [-0.39, 0.29) is 12.1 Å². The summed E-state index contributed by atoms with van der Waals surface area (Å²) in [6, 6.07) is 0. The minimum Gasteiger partial charge on any atom is -0.459 e. The molecule has 2 rings (SSSR count). The van der Waals surface area contributed by atoms with E-state index in [1.165, 1.54) is 6.92 Å². The van der Waals surface area contributed by atoms with Gasteiger partial charge in [0.25, 0.3) is 0 Å². The van der Waals surface area contributed by atoms with Gasteiger partial charge in [-0.15, -0.1) is 0 Å². The summed E-state index contributed by atoms with van der Waals surface area (Å²) in [5.74, 6) is 0.542. The molecule has 0 spiro atoms. The second-order valence-electron chi connectivity index (χ2n) is 3.90. The van der Waals surface area contributed by atoms with Crippen molar-refractivity contribution in [3.8, 4) is 0 Å². The first-order valence-electron chi connectivity index (χ1n) is 4.54. The van der Waals surface area contributed by atoms with Crippen LogP contribution in [-0.4, -0.2) is 23.3 Å². The summed E-state index contributed by atoms with van der Waals surface area (Å²) in [6.45, 7) is 1.40. The molecule has 2 aliphatic rings. The molecule has 2 aliphatic carbocycles. The first-order valence-corrected chi connectivity index (χ1v) is 4.54. The van der Waals surface area contributed by atoms with Gasteiger partial charge in [0.05, 0.1) is 6.10 Å². The van der Waals surface area contributed by atoms with E-state index in [1.54, 1.807) is 0 Å². The zero-order chi connectivity index (χ0) is 8.72. The molecule has 0 aromatic rings. The van der Waals surface area contributed by atoms with E-state index < -0.39 is 6.10 Å². The molecule has 0 saturated heterocycles. The highest BCUT2D eigenvalue weighted by atomic mass is 16.6. The standard InChI is InChI=1S/C9H14O3/c1-5(10)12-9-7-3-2-6(4-7)8(9)11/h6-9,11H,2-4H2,1H3/t6-,7+,8-,9-/m0/s1. The quantitative estimate of drug-likeness (QED) is 0.589. The topological polar surface area (TPSA) is 46.5 Å². The molecule has 0 unspecified atom stereocenters. The lowest BCUT2D eigenvalue weighted by atomic mass is 9.95. The molecular weight excluding hydrogens is 156 g/mol. The van der Waals surface area contributed by atoms with Crippen LogP contribution < -0.4 is 0 Å². The molecule has 12 heavy (non-hydrogen) atoms. The molecule has 2 fully saturated rings. The monoisotopic (exact) mass is 170 g/mol. The third-order valence-electron chi connectivity index (χ3n) is 3.10. The van der Waals surface area contributed by atoms with Gasteiger partial charge in [0, 0.05) is 6.92 Å².